The van der Waals surface area contributed by atoms with Gasteiger partial charge < -0.3 is 14.0 Å². The summed E-state index contributed by atoms with van der Waals surface area (Å²) in [5.74, 6) is 1.63. The molecule has 0 fully saturated rings. The van der Waals surface area contributed by atoms with Gasteiger partial charge in [0.05, 0.1) is 5.56 Å². The topological polar surface area (TPSA) is 43.7 Å². The SMILES string of the molecule is Cc1c2c(cc3c1O/C(=C\c1cn(C)c4ccccc14)C3=O)CN(Cc1ccccc1Cl)CO2. The smallest absolute Gasteiger partial charge is 0.231 e. The van der Waals surface area contributed by atoms with Gasteiger partial charge in [-0.3, -0.25) is 9.69 Å². The number of para-hydroxylation sites is 1. The van der Waals surface area contributed by atoms with Crippen LogP contribution in [0.5, 0.6) is 11.5 Å². The number of carbonyl (C=O) groups is 1. The van der Waals surface area contributed by atoms with Crippen LogP contribution in [0.4, 0.5) is 0 Å². The average molecular weight is 471 g/mol. The molecule has 0 radical (unpaired) electrons. The van der Waals surface area contributed by atoms with Crippen LogP contribution in [0.2, 0.25) is 5.02 Å². The Balaban J connectivity index is 1.32. The van der Waals surface area contributed by atoms with E-state index >= 15 is 0 Å². The second-order valence-corrected chi connectivity index (χ2v) is 9.28. The molecule has 2 aliphatic rings. The first-order valence-corrected chi connectivity index (χ1v) is 11.6. The number of ketones is 1. The fraction of sp³-hybridized carbons (Fsp3) is 0.179. The molecule has 0 amide bonds. The van der Waals surface area contributed by atoms with E-state index in [0.29, 0.717) is 36.9 Å². The van der Waals surface area contributed by atoms with Gasteiger partial charge in [-0.15, -0.1) is 0 Å². The molecular formula is C28H23ClN2O3. The zero-order chi connectivity index (χ0) is 23.4. The second-order valence-electron chi connectivity index (χ2n) is 8.87. The molecule has 3 heterocycles. The van der Waals surface area contributed by atoms with Gasteiger partial charge in [-0.2, -0.15) is 0 Å². The molecule has 0 spiro atoms. The Hall–Kier alpha value is -3.54. The number of carbonyl (C=O) groups excluding carboxylic acids is 1. The summed E-state index contributed by atoms with van der Waals surface area (Å²) >= 11 is 6.35. The van der Waals surface area contributed by atoms with E-state index in [9.17, 15) is 4.79 Å². The number of hydrogen-bond acceptors (Lipinski definition) is 4. The number of allylic oxidation sites excluding steroid dienone is 1. The van der Waals surface area contributed by atoms with Crippen molar-refractivity contribution in [2.75, 3.05) is 6.73 Å². The summed E-state index contributed by atoms with van der Waals surface area (Å²) in [4.78, 5) is 15.5. The van der Waals surface area contributed by atoms with Gasteiger partial charge in [0.1, 0.15) is 18.2 Å². The van der Waals surface area contributed by atoms with E-state index in [0.717, 1.165) is 43.9 Å². The maximum absolute atomic E-state index is 13.3. The molecule has 6 heteroatoms. The molecular weight excluding hydrogens is 448 g/mol. The number of nitrogens with zero attached hydrogens (tertiary/aromatic N) is 2. The highest BCUT2D eigenvalue weighted by molar-refractivity contribution is 6.31. The summed E-state index contributed by atoms with van der Waals surface area (Å²) in [7, 11) is 2.00. The number of ether oxygens (including phenoxy) is 2. The highest BCUT2D eigenvalue weighted by atomic mass is 35.5. The van der Waals surface area contributed by atoms with Crippen molar-refractivity contribution in [3.8, 4) is 11.5 Å². The van der Waals surface area contributed by atoms with E-state index in [-0.39, 0.29) is 5.78 Å². The minimum Gasteiger partial charge on any atom is -0.477 e. The molecule has 34 heavy (non-hydrogen) atoms. The lowest BCUT2D eigenvalue weighted by atomic mass is 9.99. The van der Waals surface area contributed by atoms with E-state index in [2.05, 4.69) is 21.6 Å². The van der Waals surface area contributed by atoms with E-state index < -0.39 is 0 Å². The minimum absolute atomic E-state index is 0.0999. The van der Waals surface area contributed by atoms with Gasteiger partial charge >= 0.3 is 0 Å². The third kappa shape index (κ3) is 3.40. The van der Waals surface area contributed by atoms with Crippen LogP contribution in [-0.2, 0) is 20.1 Å². The maximum atomic E-state index is 13.3. The first-order valence-electron chi connectivity index (χ1n) is 11.2. The van der Waals surface area contributed by atoms with Gasteiger partial charge in [0.15, 0.2) is 5.76 Å². The van der Waals surface area contributed by atoms with Crippen LogP contribution >= 0.6 is 11.6 Å². The second kappa shape index (κ2) is 8.05. The fourth-order valence-electron chi connectivity index (χ4n) is 4.89. The standard InChI is InChI=1S/C28H23ClN2O3/c1-17-27-20(15-31(16-33-27)14-18-7-3-5-9-23(18)29)11-22-26(32)25(34-28(17)22)12-19-13-30(2)24-10-6-4-8-21(19)24/h3-13H,14-16H2,1-2H3/b25-12-. The summed E-state index contributed by atoms with van der Waals surface area (Å²) in [6, 6.07) is 17.9. The Morgan fingerprint density at radius 3 is 2.74 bits per heavy atom. The monoisotopic (exact) mass is 470 g/mol. The van der Waals surface area contributed by atoms with Crippen molar-refractivity contribution in [1.82, 2.24) is 9.47 Å². The van der Waals surface area contributed by atoms with Crippen molar-refractivity contribution in [3.05, 3.63) is 99.4 Å². The average Bonchev–Trinajstić information content (AvgIpc) is 3.33. The first kappa shape index (κ1) is 21.0. The summed E-state index contributed by atoms with van der Waals surface area (Å²) in [5.41, 5.74) is 5.55. The summed E-state index contributed by atoms with van der Waals surface area (Å²) < 4.78 is 14.3. The zero-order valence-corrected chi connectivity index (χ0v) is 19.7. The molecule has 0 N–H and O–H groups in total. The highest BCUT2D eigenvalue weighted by Gasteiger charge is 2.34. The van der Waals surface area contributed by atoms with Crippen molar-refractivity contribution >= 4 is 34.4 Å². The summed E-state index contributed by atoms with van der Waals surface area (Å²) in [5, 5.41) is 1.82. The largest absolute Gasteiger partial charge is 0.477 e. The van der Waals surface area contributed by atoms with Crippen molar-refractivity contribution < 1.29 is 14.3 Å². The van der Waals surface area contributed by atoms with E-state index in [4.69, 9.17) is 21.1 Å². The lowest BCUT2D eigenvalue weighted by molar-refractivity contribution is 0.0877. The summed E-state index contributed by atoms with van der Waals surface area (Å²) in [6.07, 6.45) is 3.86. The number of aromatic nitrogens is 1. The van der Waals surface area contributed by atoms with Gasteiger partial charge in [0, 0.05) is 58.9 Å². The zero-order valence-electron chi connectivity index (χ0n) is 19.0. The minimum atomic E-state index is -0.0999. The molecule has 0 saturated heterocycles. The molecule has 3 aromatic carbocycles. The third-order valence-electron chi connectivity index (χ3n) is 6.57. The van der Waals surface area contributed by atoms with E-state index in [1.165, 1.54) is 0 Å². The van der Waals surface area contributed by atoms with Gasteiger partial charge in [-0.25, -0.2) is 0 Å². The Kier molecular flexibility index (Phi) is 4.97. The fourth-order valence-corrected chi connectivity index (χ4v) is 5.09. The van der Waals surface area contributed by atoms with Crippen LogP contribution in [-0.4, -0.2) is 22.0 Å². The van der Waals surface area contributed by atoms with Crippen LogP contribution in [0.3, 0.4) is 0 Å². The van der Waals surface area contributed by atoms with Crippen LogP contribution in [0.15, 0.2) is 66.6 Å². The van der Waals surface area contributed by atoms with Gasteiger partial charge in [-0.1, -0.05) is 48.0 Å². The number of aryl methyl sites for hydroxylation is 1. The van der Waals surface area contributed by atoms with Crippen molar-refractivity contribution in [2.45, 2.75) is 20.0 Å². The molecule has 2 aliphatic heterocycles. The molecule has 0 saturated carbocycles. The number of benzene rings is 3. The van der Waals surface area contributed by atoms with Crippen LogP contribution in [0.1, 0.15) is 32.6 Å². The Labute approximate surface area is 202 Å². The number of hydrogen-bond donors (Lipinski definition) is 0. The van der Waals surface area contributed by atoms with Gasteiger partial charge in [-0.05, 0) is 36.8 Å². The number of halogens is 1. The van der Waals surface area contributed by atoms with Crippen LogP contribution < -0.4 is 9.47 Å². The van der Waals surface area contributed by atoms with Gasteiger partial charge in [0.2, 0.25) is 5.78 Å². The van der Waals surface area contributed by atoms with Crippen LogP contribution in [0, 0.1) is 6.92 Å². The lowest BCUT2D eigenvalue weighted by Gasteiger charge is -2.30. The number of Topliss-reactive ketones (excluding diaryl/α,β-unsaturated/α-hetero) is 1. The Morgan fingerprint density at radius 1 is 1.09 bits per heavy atom. The molecule has 4 aromatic rings. The van der Waals surface area contributed by atoms with E-state index in [1.807, 2.05) is 68.7 Å². The molecule has 0 bridgehead atoms. The number of fused-ring (bicyclic) bond motifs is 3. The van der Waals surface area contributed by atoms with E-state index in [1.54, 1.807) is 0 Å². The Morgan fingerprint density at radius 2 is 1.88 bits per heavy atom. The lowest BCUT2D eigenvalue weighted by Crippen LogP contribution is -2.32. The van der Waals surface area contributed by atoms with Crippen molar-refractivity contribution in [3.63, 3.8) is 0 Å². The maximum Gasteiger partial charge on any atom is 0.231 e. The predicted octanol–water partition coefficient (Wildman–Crippen LogP) is 6.11. The molecule has 0 unspecified atom stereocenters. The van der Waals surface area contributed by atoms with Crippen molar-refractivity contribution in [1.29, 1.82) is 0 Å². The molecule has 1 aromatic heterocycles. The molecule has 0 aliphatic carbocycles. The Bertz CT molecular complexity index is 1500. The highest BCUT2D eigenvalue weighted by Crippen LogP contribution is 2.43. The van der Waals surface area contributed by atoms with Crippen molar-refractivity contribution in [2.24, 2.45) is 7.05 Å². The predicted molar refractivity (Wildman–Crippen MR) is 133 cm³/mol. The van der Waals surface area contributed by atoms with Gasteiger partial charge in [0.25, 0.3) is 0 Å². The first-order chi connectivity index (χ1) is 16.5. The third-order valence-corrected chi connectivity index (χ3v) is 6.94. The van der Waals surface area contributed by atoms with Crippen LogP contribution in [0.25, 0.3) is 17.0 Å². The molecule has 6 rings (SSSR count). The molecule has 5 nitrogen and oxygen atoms in total. The molecule has 170 valence electrons. The quantitative estimate of drug-likeness (QED) is 0.339. The normalized spacial score (nSPS) is 16.4. The summed E-state index contributed by atoms with van der Waals surface area (Å²) in [6.45, 7) is 3.75. The number of rotatable bonds is 3. The molecule has 0 atom stereocenters.